The Morgan fingerprint density at radius 1 is 1.29 bits per heavy atom. The molecular weight excluding hydrogens is 292 g/mol. The summed E-state index contributed by atoms with van der Waals surface area (Å²) < 4.78 is 32.5. The number of furan rings is 1. The zero-order valence-corrected chi connectivity index (χ0v) is 10.4. The monoisotopic (exact) mass is 301 g/mol. The molecule has 0 aliphatic heterocycles. The molecular formula is C12H10BrF2NO. The van der Waals surface area contributed by atoms with Crippen LogP contribution in [-0.4, -0.2) is 0 Å². The zero-order valence-electron chi connectivity index (χ0n) is 8.79. The van der Waals surface area contributed by atoms with Crippen molar-refractivity contribution in [3.63, 3.8) is 0 Å². The third-order valence-corrected chi connectivity index (χ3v) is 2.91. The molecule has 1 aromatic carbocycles. The molecule has 0 radical (unpaired) electrons. The van der Waals surface area contributed by atoms with E-state index in [9.17, 15) is 8.78 Å². The quantitative estimate of drug-likeness (QED) is 0.941. The summed E-state index contributed by atoms with van der Waals surface area (Å²) in [7, 11) is 0. The van der Waals surface area contributed by atoms with Gasteiger partial charge in [-0.25, -0.2) is 8.78 Å². The molecule has 5 heteroatoms. The minimum Gasteiger partial charge on any atom is -0.472 e. The van der Waals surface area contributed by atoms with Crippen molar-refractivity contribution in [2.45, 2.75) is 12.5 Å². The molecule has 17 heavy (non-hydrogen) atoms. The summed E-state index contributed by atoms with van der Waals surface area (Å²) in [5.41, 5.74) is 6.50. The average Bonchev–Trinajstić information content (AvgIpc) is 2.68. The SMILES string of the molecule is NC(Cc1ccoc1)c1c(F)cc(Br)cc1F. The van der Waals surface area contributed by atoms with Gasteiger partial charge in [-0.15, -0.1) is 0 Å². The number of rotatable bonds is 3. The number of hydrogen-bond acceptors (Lipinski definition) is 2. The first-order chi connectivity index (χ1) is 8.08. The van der Waals surface area contributed by atoms with E-state index >= 15 is 0 Å². The van der Waals surface area contributed by atoms with E-state index in [1.165, 1.54) is 24.7 Å². The molecule has 0 bridgehead atoms. The highest BCUT2D eigenvalue weighted by Crippen LogP contribution is 2.25. The standard InChI is InChI=1S/C12H10BrF2NO/c13-8-4-9(14)12(10(15)5-8)11(16)3-7-1-2-17-6-7/h1-2,4-6,11H,3,16H2. The van der Waals surface area contributed by atoms with Crippen molar-refractivity contribution in [1.29, 1.82) is 0 Å². The van der Waals surface area contributed by atoms with Gasteiger partial charge in [0.1, 0.15) is 11.6 Å². The molecule has 2 aromatic rings. The summed E-state index contributed by atoms with van der Waals surface area (Å²) in [5, 5.41) is 0. The van der Waals surface area contributed by atoms with E-state index in [0.717, 1.165) is 5.56 Å². The summed E-state index contributed by atoms with van der Waals surface area (Å²) in [5.74, 6) is -1.29. The molecule has 2 rings (SSSR count). The first kappa shape index (κ1) is 12.3. The van der Waals surface area contributed by atoms with Gasteiger partial charge < -0.3 is 10.2 Å². The van der Waals surface area contributed by atoms with E-state index in [1.54, 1.807) is 6.07 Å². The topological polar surface area (TPSA) is 39.2 Å². The molecule has 0 saturated carbocycles. The largest absolute Gasteiger partial charge is 0.472 e. The van der Waals surface area contributed by atoms with E-state index in [4.69, 9.17) is 10.2 Å². The number of hydrogen-bond donors (Lipinski definition) is 1. The maximum atomic E-state index is 13.6. The maximum absolute atomic E-state index is 13.6. The molecule has 2 N–H and O–H groups in total. The van der Waals surface area contributed by atoms with E-state index in [2.05, 4.69) is 15.9 Å². The van der Waals surface area contributed by atoms with Crippen molar-refractivity contribution in [2.24, 2.45) is 5.73 Å². The van der Waals surface area contributed by atoms with E-state index in [-0.39, 0.29) is 5.56 Å². The first-order valence-electron chi connectivity index (χ1n) is 4.99. The predicted octanol–water partition coefficient (Wildman–Crippen LogP) is 3.56. The predicted molar refractivity (Wildman–Crippen MR) is 63.4 cm³/mol. The summed E-state index contributed by atoms with van der Waals surface area (Å²) in [6, 6.07) is 3.39. The Morgan fingerprint density at radius 3 is 2.47 bits per heavy atom. The van der Waals surface area contributed by atoms with Gasteiger partial charge in [-0.1, -0.05) is 15.9 Å². The molecule has 0 aliphatic rings. The van der Waals surface area contributed by atoms with Gasteiger partial charge in [-0.2, -0.15) is 0 Å². The summed E-state index contributed by atoms with van der Waals surface area (Å²) >= 11 is 3.02. The highest BCUT2D eigenvalue weighted by molar-refractivity contribution is 9.10. The van der Waals surface area contributed by atoms with Gasteiger partial charge >= 0.3 is 0 Å². The van der Waals surface area contributed by atoms with Crippen LogP contribution in [-0.2, 0) is 6.42 Å². The Kier molecular flexibility index (Phi) is 3.59. The smallest absolute Gasteiger partial charge is 0.132 e. The van der Waals surface area contributed by atoms with Crippen molar-refractivity contribution in [3.8, 4) is 0 Å². The summed E-state index contributed by atoms with van der Waals surface area (Å²) in [6.45, 7) is 0. The van der Waals surface area contributed by atoms with Crippen molar-refractivity contribution in [3.05, 3.63) is 58.0 Å². The van der Waals surface area contributed by atoms with Crippen LogP contribution in [0.15, 0.2) is 39.6 Å². The molecule has 0 fully saturated rings. The lowest BCUT2D eigenvalue weighted by Crippen LogP contribution is -2.16. The lowest BCUT2D eigenvalue weighted by molar-refractivity contribution is 0.520. The van der Waals surface area contributed by atoms with Crippen LogP contribution >= 0.6 is 15.9 Å². The Balaban J connectivity index is 2.27. The average molecular weight is 302 g/mol. The molecule has 1 atom stereocenters. The van der Waals surface area contributed by atoms with Crippen molar-refractivity contribution < 1.29 is 13.2 Å². The van der Waals surface area contributed by atoms with Crippen LogP contribution in [0.1, 0.15) is 17.2 Å². The maximum Gasteiger partial charge on any atom is 0.132 e. The molecule has 1 unspecified atom stereocenters. The highest BCUT2D eigenvalue weighted by atomic mass is 79.9. The van der Waals surface area contributed by atoms with Crippen LogP contribution in [0.5, 0.6) is 0 Å². The first-order valence-corrected chi connectivity index (χ1v) is 5.78. The van der Waals surface area contributed by atoms with Gasteiger partial charge in [0.2, 0.25) is 0 Å². The second-order valence-corrected chi connectivity index (χ2v) is 4.64. The fourth-order valence-electron chi connectivity index (χ4n) is 1.67. The van der Waals surface area contributed by atoms with Gasteiger partial charge in [0.05, 0.1) is 12.5 Å². The zero-order chi connectivity index (χ0) is 12.4. The van der Waals surface area contributed by atoms with Gasteiger partial charge in [0, 0.05) is 16.1 Å². The fraction of sp³-hybridized carbons (Fsp3) is 0.167. The van der Waals surface area contributed by atoms with Gasteiger partial charge in [0.25, 0.3) is 0 Å². The normalized spacial score (nSPS) is 12.7. The van der Waals surface area contributed by atoms with Crippen molar-refractivity contribution in [2.75, 3.05) is 0 Å². The number of halogens is 3. The minimum atomic E-state index is -0.735. The van der Waals surface area contributed by atoms with Crippen LogP contribution in [0.4, 0.5) is 8.78 Å². The van der Waals surface area contributed by atoms with Gasteiger partial charge in [-0.05, 0) is 30.2 Å². The number of nitrogens with two attached hydrogens (primary N) is 1. The van der Waals surface area contributed by atoms with Gasteiger partial charge in [0.15, 0.2) is 0 Å². The molecule has 0 amide bonds. The van der Waals surface area contributed by atoms with Crippen LogP contribution in [0, 0.1) is 11.6 Å². The van der Waals surface area contributed by atoms with Crippen molar-refractivity contribution >= 4 is 15.9 Å². The number of benzene rings is 1. The Bertz CT molecular complexity index is 490. The minimum absolute atomic E-state index is 0.102. The molecule has 1 heterocycles. The Morgan fingerprint density at radius 2 is 1.94 bits per heavy atom. The van der Waals surface area contributed by atoms with E-state index in [0.29, 0.717) is 10.9 Å². The fourth-order valence-corrected chi connectivity index (χ4v) is 2.07. The molecule has 0 saturated heterocycles. The van der Waals surface area contributed by atoms with Crippen LogP contribution in [0.2, 0.25) is 0 Å². The van der Waals surface area contributed by atoms with E-state index in [1.807, 2.05) is 0 Å². The lowest BCUT2D eigenvalue weighted by atomic mass is 10.0. The molecule has 2 nitrogen and oxygen atoms in total. The highest BCUT2D eigenvalue weighted by Gasteiger charge is 2.18. The summed E-state index contributed by atoms with van der Waals surface area (Å²) in [6.07, 6.45) is 3.33. The van der Waals surface area contributed by atoms with Crippen LogP contribution < -0.4 is 5.73 Å². The van der Waals surface area contributed by atoms with Crippen LogP contribution in [0.3, 0.4) is 0 Å². The third-order valence-electron chi connectivity index (χ3n) is 2.45. The van der Waals surface area contributed by atoms with Crippen LogP contribution in [0.25, 0.3) is 0 Å². The molecule has 1 aromatic heterocycles. The molecule has 0 spiro atoms. The molecule has 90 valence electrons. The van der Waals surface area contributed by atoms with E-state index < -0.39 is 17.7 Å². The summed E-state index contributed by atoms with van der Waals surface area (Å²) in [4.78, 5) is 0. The Labute approximate surface area is 106 Å². The second-order valence-electron chi connectivity index (χ2n) is 3.73. The van der Waals surface area contributed by atoms with Crippen molar-refractivity contribution in [1.82, 2.24) is 0 Å². The van der Waals surface area contributed by atoms with Gasteiger partial charge in [-0.3, -0.25) is 0 Å². The lowest BCUT2D eigenvalue weighted by Gasteiger charge is -2.13. The third kappa shape index (κ3) is 2.73. The Hall–Kier alpha value is -1.20. The molecule has 0 aliphatic carbocycles. The second kappa shape index (κ2) is 4.98.